The number of likely N-dealkylation sites (tertiary alicyclic amines) is 1. The summed E-state index contributed by atoms with van der Waals surface area (Å²) in [5.74, 6) is 0.187. The van der Waals surface area contributed by atoms with Crippen molar-refractivity contribution in [3.8, 4) is 0 Å². The van der Waals surface area contributed by atoms with Crippen molar-refractivity contribution in [2.24, 2.45) is 5.41 Å². The van der Waals surface area contributed by atoms with Crippen molar-refractivity contribution in [1.82, 2.24) is 10.2 Å². The van der Waals surface area contributed by atoms with Crippen LogP contribution in [0.3, 0.4) is 0 Å². The number of rotatable bonds is 5. The molecule has 0 aliphatic carbocycles. The van der Waals surface area contributed by atoms with Crippen LogP contribution in [-0.2, 0) is 4.79 Å². The van der Waals surface area contributed by atoms with Gasteiger partial charge in [0.1, 0.15) is 0 Å². The van der Waals surface area contributed by atoms with Gasteiger partial charge in [-0.1, -0.05) is 27.2 Å². The van der Waals surface area contributed by atoms with Crippen molar-refractivity contribution in [3.63, 3.8) is 0 Å². The predicted octanol–water partition coefficient (Wildman–Crippen LogP) is 2.02. The maximum Gasteiger partial charge on any atom is 0.225 e. The van der Waals surface area contributed by atoms with E-state index in [0.717, 1.165) is 19.5 Å². The van der Waals surface area contributed by atoms with Crippen molar-refractivity contribution in [2.45, 2.75) is 46.5 Å². The van der Waals surface area contributed by atoms with E-state index in [-0.39, 0.29) is 11.3 Å². The minimum atomic E-state index is -0.220. The number of carbonyl (C=O) groups excluding carboxylic acids is 1. The summed E-state index contributed by atoms with van der Waals surface area (Å²) in [6.07, 6.45) is 4.89. The lowest BCUT2D eigenvalue weighted by atomic mass is 9.89. The molecule has 0 aromatic heterocycles. The summed E-state index contributed by atoms with van der Waals surface area (Å²) in [5, 5.41) is 3.04. The summed E-state index contributed by atoms with van der Waals surface area (Å²) >= 11 is 0. The molecule has 0 aromatic carbocycles. The van der Waals surface area contributed by atoms with Gasteiger partial charge in [0.2, 0.25) is 5.91 Å². The molecule has 0 saturated carbocycles. The van der Waals surface area contributed by atoms with E-state index in [1.54, 1.807) is 0 Å². The molecule has 94 valence electrons. The Morgan fingerprint density at radius 1 is 1.25 bits per heavy atom. The van der Waals surface area contributed by atoms with E-state index in [4.69, 9.17) is 0 Å². The Balaban J connectivity index is 2.17. The van der Waals surface area contributed by atoms with E-state index in [2.05, 4.69) is 17.1 Å². The Morgan fingerprint density at radius 2 is 1.88 bits per heavy atom. The third-order valence-electron chi connectivity index (χ3n) is 3.66. The maximum atomic E-state index is 11.8. The van der Waals surface area contributed by atoms with Crippen molar-refractivity contribution < 1.29 is 4.79 Å². The van der Waals surface area contributed by atoms with Crippen LogP contribution in [0.4, 0.5) is 0 Å². The van der Waals surface area contributed by atoms with Gasteiger partial charge in [-0.05, 0) is 32.4 Å². The van der Waals surface area contributed by atoms with Gasteiger partial charge < -0.3 is 10.2 Å². The van der Waals surface area contributed by atoms with E-state index in [1.807, 2.05) is 13.8 Å². The lowest BCUT2D eigenvalue weighted by molar-refractivity contribution is -0.129. The highest BCUT2D eigenvalue weighted by Gasteiger charge is 2.24. The highest BCUT2D eigenvalue weighted by atomic mass is 16.2. The summed E-state index contributed by atoms with van der Waals surface area (Å²) in [7, 11) is 0. The van der Waals surface area contributed by atoms with Crippen LogP contribution in [0.1, 0.15) is 46.5 Å². The molecule has 0 aromatic rings. The molecule has 1 rings (SSSR count). The quantitative estimate of drug-likeness (QED) is 0.778. The number of hydrogen-bond donors (Lipinski definition) is 1. The minimum Gasteiger partial charge on any atom is -0.354 e. The fourth-order valence-electron chi connectivity index (χ4n) is 1.91. The zero-order valence-corrected chi connectivity index (χ0v) is 11.0. The SMILES string of the molecule is CCC(C)(C)C(=O)NCCN1CCCCC1. The highest BCUT2D eigenvalue weighted by Crippen LogP contribution is 2.19. The van der Waals surface area contributed by atoms with Crippen LogP contribution in [0.25, 0.3) is 0 Å². The number of nitrogens with zero attached hydrogens (tertiary/aromatic N) is 1. The topological polar surface area (TPSA) is 32.3 Å². The smallest absolute Gasteiger partial charge is 0.225 e. The average molecular weight is 226 g/mol. The van der Waals surface area contributed by atoms with Crippen LogP contribution < -0.4 is 5.32 Å². The lowest BCUT2D eigenvalue weighted by Gasteiger charge is -2.27. The average Bonchev–Trinajstić information content (AvgIpc) is 2.30. The molecule has 1 saturated heterocycles. The Bertz CT molecular complexity index is 220. The molecule has 3 nitrogen and oxygen atoms in total. The molecule has 0 radical (unpaired) electrons. The molecule has 3 heteroatoms. The number of amides is 1. The van der Waals surface area contributed by atoms with Gasteiger partial charge in [0, 0.05) is 18.5 Å². The van der Waals surface area contributed by atoms with Gasteiger partial charge in [-0.25, -0.2) is 0 Å². The van der Waals surface area contributed by atoms with E-state index in [1.165, 1.54) is 32.4 Å². The second-order valence-corrected chi connectivity index (χ2v) is 5.40. The highest BCUT2D eigenvalue weighted by molar-refractivity contribution is 5.81. The lowest BCUT2D eigenvalue weighted by Crippen LogP contribution is -2.42. The van der Waals surface area contributed by atoms with E-state index < -0.39 is 0 Å². The van der Waals surface area contributed by atoms with Crippen LogP contribution in [0.2, 0.25) is 0 Å². The molecule has 1 aliphatic heterocycles. The van der Waals surface area contributed by atoms with Gasteiger partial charge in [0.25, 0.3) is 0 Å². The van der Waals surface area contributed by atoms with Gasteiger partial charge in [0.05, 0.1) is 0 Å². The molecule has 0 bridgehead atoms. The number of carbonyl (C=O) groups is 1. The van der Waals surface area contributed by atoms with Crippen molar-refractivity contribution in [3.05, 3.63) is 0 Å². The Kier molecular flexibility index (Phi) is 5.26. The zero-order valence-electron chi connectivity index (χ0n) is 11.0. The molecule has 1 amide bonds. The van der Waals surface area contributed by atoms with Gasteiger partial charge in [-0.15, -0.1) is 0 Å². The van der Waals surface area contributed by atoms with Crippen LogP contribution in [-0.4, -0.2) is 37.0 Å². The normalized spacial score (nSPS) is 18.4. The summed E-state index contributed by atoms with van der Waals surface area (Å²) in [5.41, 5.74) is -0.220. The molecular formula is C13H26N2O. The summed E-state index contributed by atoms with van der Waals surface area (Å²) in [4.78, 5) is 14.3. The molecule has 0 spiro atoms. The summed E-state index contributed by atoms with van der Waals surface area (Å²) < 4.78 is 0. The van der Waals surface area contributed by atoms with Crippen molar-refractivity contribution in [1.29, 1.82) is 0 Å². The third-order valence-corrected chi connectivity index (χ3v) is 3.66. The van der Waals surface area contributed by atoms with Crippen LogP contribution in [0, 0.1) is 5.41 Å². The molecular weight excluding hydrogens is 200 g/mol. The van der Waals surface area contributed by atoms with Crippen molar-refractivity contribution in [2.75, 3.05) is 26.2 Å². The van der Waals surface area contributed by atoms with Crippen LogP contribution in [0.5, 0.6) is 0 Å². The van der Waals surface area contributed by atoms with Gasteiger partial charge in [0.15, 0.2) is 0 Å². The van der Waals surface area contributed by atoms with Crippen LogP contribution >= 0.6 is 0 Å². The first-order valence-corrected chi connectivity index (χ1v) is 6.57. The molecule has 0 unspecified atom stereocenters. The molecule has 1 heterocycles. The first-order chi connectivity index (χ1) is 7.56. The molecule has 16 heavy (non-hydrogen) atoms. The second-order valence-electron chi connectivity index (χ2n) is 5.40. The number of nitrogens with one attached hydrogen (secondary N) is 1. The molecule has 1 fully saturated rings. The summed E-state index contributed by atoms with van der Waals surface area (Å²) in [6.45, 7) is 10.3. The first kappa shape index (κ1) is 13.5. The standard InChI is InChI=1S/C13H26N2O/c1-4-13(2,3)12(16)14-8-11-15-9-6-5-7-10-15/h4-11H2,1-3H3,(H,14,16). The third kappa shape index (κ3) is 4.12. The van der Waals surface area contributed by atoms with Gasteiger partial charge >= 0.3 is 0 Å². The molecule has 0 atom stereocenters. The number of hydrogen-bond acceptors (Lipinski definition) is 2. The minimum absolute atomic E-state index is 0.187. The van der Waals surface area contributed by atoms with E-state index in [0.29, 0.717) is 0 Å². The maximum absolute atomic E-state index is 11.8. The van der Waals surface area contributed by atoms with Crippen LogP contribution in [0.15, 0.2) is 0 Å². The van der Waals surface area contributed by atoms with Gasteiger partial charge in [-0.2, -0.15) is 0 Å². The number of piperidine rings is 1. The molecule has 1 N–H and O–H groups in total. The fraction of sp³-hybridized carbons (Fsp3) is 0.923. The largest absolute Gasteiger partial charge is 0.354 e. The van der Waals surface area contributed by atoms with Crippen molar-refractivity contribution >= 4 is 5.91 Å². The predicted molar refractivity (Wildman–Crippen MR) is 67.4 cm³/mol. The Hall–Kier alpha value is -0.570. The monoisotopic (exact) mass is 226 g/mol. The second kappa shape index (κ2) is 6.24. The van der Waals surface area contributed by atoms with E-state index in [9.17, 15) is 4.79 Å². The Morgan fingerprint density at radius 3 is 2.44 bits per heavy atom. The first-order valence-electron chi connectivity index (χ1n) is 6.57. The molecule has 1 aliphatic rings. The van der Waals surface area contributed by atoms with Gasteiger partial charge in [-0.3, -0.25) is 4.79 Å². The summed E-state index contributed by atoms with van der Waals surface area (Å²) in [6, 6.07) is 0. The zero-order chi connectivity index (χ0) is 12.0. The Labute approximate surface area is 99.6 Å². The fourth-order valence-corrected chi connectivity index (χ4v) is 1.91. The van der Waals surface area contributed by atoms with E-state index >= 15 is 0 Å².